The van der Waals surface area contributed by atoms with Crippen LogP contribution in [0.3, 0.4) is 0 Å². The van der Waals surface area contributed by atoms with Crippen LogP contribution in [0.25, 0.3) is 0 Å². The molecule has 0 heterocycles. The van der Waals surface area contributed by atoms with Crippen molar-refractivity contribution in [3.63, 3.8) is 0 Å². The highest BCUT2D eigenvalue weighted by atomic mass is 16.3. The number of aliphatic hydroxyl groups is 1. The molecule has 3 N–H and O–H groups in total. The predicted octanol–water partition coefficient (Wildman–Crippen LogP) is 4.35. The van der Waals surface area contributed by atoms with Crippen molar-refractivity contribution in [2.45, 2.75) is 90.7 Å². The average molecular weight is 320 g/mol. The molecule has 0 aromatic heterocycles. The lowest BCUT2D eigenvalue weighted by Crippen LogP contribution is -2.54. The van der Waals surface area contributed by atoms with Gasteiger partial charge in [-0.3, -0.25) is 0 Å². The highest BCUT2D eigenvalue weighted by Gasteiger charge is 2.60. The van der Waals surface area contributed by atoms with Crippen LogP contribution in [0.2, 0.25) is 0 Å². The van der Waals surface area contributed by atoms with E-state index in [0.717, 1.165) is 42.4 Å². The first-order chi connectivity index (χ1) is 10.9. The van der Waals surface area contributed by atoms with E-state index in [1.807, 2.05) is 0 Å². The van der Waals surface area contributed by atoms with Crippen LogP contribution in [0.1, 0.15) is 78.6 Å². The minimum absolute atomic E-state index is 0.0209. The topological polar surface area (TPSA) is 46.2 Å². The Balaban J connectivity index is 1.60. The Hall–Kier alpha value is -0.0800. The smallest absolute Gasteiger partial charge is 0.0543 e. The van der Waals surface area contributed by atoms with Gasteiger partial charge in [-0.05, 0) is 105 Å². The van der Waals surface area contributed by atoms with Crippen LogP contribution in [-0.4, -0.2) is 17.3 Å². The summed E-state index contributed by atoms with van der Waals surface area (Å²) in [5.41, 5.74) is 7.39. The Morgan fingerprint density at radius 2 is 1.61 bits per heavy atom. The third-order valence-corrected chi connectivity index (χ3v) is 9.35. The third kappa shape index (κ3) is 2.27. The van der Waals surface area contributed by atoms with Crippen LogP contribution in [0, 0.1) is 40.4 Å². The molecule has 132 valence electrons. The molecule has 23 heavy (non-hydrogen) atoms. The standard InChI is InChI=1S/C21H37NO/c1-13(22)17-6-7-18-16-5-4-14-12-15(23)8-10-20(14,2)19(16)9-11-21(17,18)3/h13-19,23H,4-12,22H2,1-3H3/t13-,14-,15-,16-,17+,18-,19-,20-,21+/m0/s1. The zero-order valence-corrected chi connectivity index (χ0v) is 15.4. The highest BCUT2D eigenvalue weighted by molar-refractivity contribution is 5.10. The van der Waals surface area contributed by atoms with Crippen molar-refractivity contribution >= 4 is 0 Å². The number of rotatable bonds is 1. The largest absolute Gasteiger partial charge is 0.393 e. The van der Waals surface area contributed by atoms with Crippen molar-refractivity contribution < 1.29 is 5.11 Å². The molecule has 0 radical (unpaired) electrons. The normalized spacial score (nSPS) is 57.3. The summed E-state index contributed by atoms with van der Waals surface area (Å²) >= 11 is 0. The summed E-state index contributed by atoms with van der Waals surface area (Å²) in [7, 11) is 0. The molecule has 4 saturated carbocycles. The van der Waals surface area contributed by atoms with Gasteiger partial charge in [0, 0.05) is 6.04 Å². The zero-order valence-electron chi connectivity index (χ0n) is 15.4. The molecule has 0 saturated heterocycles. The lowest BCUT2D eigenvalue weighted by atomic mass is 9.44. The van der Waals surface area contributed by atoms with E-state index < -0.39 is 0 Å². The molecule has 0 aromatic carbocycles. The number of fused-ring (bicyclic) bond motifs is 5. The summed E-state index contributed by atoms with van der Waals surface area (Å²) in [4.78, 5) is 0. The fourth-order valence-corrected chi connectivity index (χ4v) is 8.14. The summed E-state index contributed by atoms with van der Waals surface area (Å²) in [6.45, 7) is 7.40. The van der Waals surface area contributed by atoms with Crippen LogP contribution < -0.4 is 5.73 Å². The van der Waals surface area contributed by atoms with E-state index in [1.54, 1.807) is 0 Å². The molecule has 4 rings (SSSR count). The summed E-state index contributed by atoms with van der Waals surface area (Å²) < 4.78 is 0. The lowest BCUT2D eigenvalue weighted by molar-refractivity contribution is -0.127. The van der Waals surface area contributed by atoms with Gasteiger partial charge < -0.3 is 10.8 Å². The van der Waals surface area contributed by atoms with Gasteiger partial charge in [-0.25, -0.2) is 0 Å². The molecule has 4 fully saturated rings. The van der Waals surface area contributed by atoms with E-state index in [1.165, 1.54) is 44.9 Å². The summed E-state index contributed by atoms with van der Waals surface area (Å²) in [5, 5.41) is 10.1. The average Bonchev–Trinajstić information content (AvgIpc) is 2.85. The second-order valence-electron chi connectivity index (χ2n) is 10.2. The minimum Gasteiger partial charge on any atom is -0.393 e. The third-order valence-electron chi connectivity index (χ3n) is 9.35. The van der Waals surface area contributed by atoms with E-state index in [9.17, 15) is 5.11 Å². The molecule has 0 aromatic rings. The van der Waals surface area contributed by atoms with Gasteiger partial charge in [0.2, 0.25) is 0 Å². The fraction of sp³-hybridized carbons (Fsp3) is 1.00. The quantitative estimate of drug-likeness (QED) is 0.754. The van der Waals surface area contributed by atoms with Crippen molar-refractivity contribution in [3.05, 3.63) is 0 Å². The molecule has 0 unspecified atom stereocenters. The second-order valence-corrected chi connectivity index (χ2v) is 10.2. The maximum Gasteiger partial charge on any atom is 0.0543 e. The second kappa shape index (κ2) is 5.46. The Labute approximate surface area is 142 Å². The Morgan fingerprint density at radius 1 is 0.913 bits per heavy atom. The van der Waals surface area contributed by atoms with Crippen molar-refractivity contribution in [3.8, 4) is 0 Å². The first kappa shape index (κ1) is 16.4. The van der Waals surface area contributed by atoms with Crippen LogP contribution >= 0.6 is 0 Å². The van der Waals surface area contributed by atoms with Gasteiger partial charge in [0.1, 0.15) is 0 Å². The number of aliphatic hydroxyl groups excluding tert-OH is 1. The Bertz CT molecular complexity index is 463. The van der Waals surface area contributed by atoms with Crippen molar-refractivity contribution in [1.82, 2.24) is 0 Å². The van der Waals surface area contributed by atoms with Gasteiger partial charge in [0.25, 0.3) is 0 Å². The van der Waals surface area contributed by atoms with E-state index in [2.05, 4.69) is 20.8 Å². The molecule has 0 aliphatic heterocycles. The molecule has 9 atom stereocenters. The predicted molar refractivity (Wildman–Crippen MR) is 94.9 cm³/mol. The Morgan fingerprint density at radius 3 is 2.35 bits per heavy atom. The number of nitrogens with two attached hydrogens (primary N) is 1. The summed E-state index contributed by atoms with van der Waals surface area (Å²) in [5.74, 6) is 4.30. The van der Waals surface area contributed by atoms with E-state index in [-0.39, 0.29) is 6.10 Å². The molecular weight excluding hydrogens is 282 g/mol. The van der Waals surface area contributed by atoms with Gasteiger partial charge in [-0.1, -0.05) is 13.8 Å². The van der Waals surface area contributed by atoms with Gasteiger partial charge >= 0.3 is 0 Å². The van der Waals surface area contributed by atoms with Crippen LogP contribution in [-0.2, 0) is 0 Å². The molecule has 0 bridgehead atoms. The highest BCUT2D eigenvalue weighted by Crippen LogP contribution is 2.67. The van der Waals surface area contributed by atoms with Gasteiger partial charge in [0.15, 0.2) is 0 Å². The molecule has 2 nitrogen and oxygen atoms in total. The molecule has 0 spiro atoms. The Kier molecular flexibility index (Phi) is 3.89. The first-order valence-corrected chi connectivity index (χ1v) is 10.3. The molecule has 4 aliphatic rings. The van der Waals surface area contributed by atoms with E-state index >= 15 is 0 Å². The maximum atomic E-state index is 10.1. The SMILES string of the molecule is C[C@H](N)[C@H]1CC[C@H]2[C@@H]3CC[C@H]4C[C@@H](O)CC[C@]4(C)[C@H]3CC[C@]12C. The van der Waals surface area contributed by atoms with E-state index in [0.29, 0.717) is 16.9 Å². The molecule has 0 amide bonds. The maximum absolute atomic E-state index is 10.1. The monoisotopic (exact) mass is 319 g/mol. The number of hydrogen-bond acceptors (Lipinski definition) is 2. The van der Waals surface area contributed by atoms with Gasteiger partial charge in [-0.15, -0.1) is 0 Å². The minimum atomic E-state index is -0.0209. The molecule has 2 heteroatoms. The van der Waals surface area contributed by atoms with Crippen molar-refractivity contribution in [1.29, 1.82) is 0 Å². The van der Waals surface area contributed by atoms with Crippen molar-refractivity contribution in [2.75, 3.05) is 0 Å². The lowest BCUT2D eigenvalue weighted by Gasteiger charge is -2.61. The van der Waals surface area contributed by atoms with Crippen molar-refractivity contribution in [2.24, 2.45) is 46.2 Å². The van der Waals surface area contributed by atoms with E-state index in [4.69, 9.17) is 5.73 Å². The first-order valence-electron chi connectivity index (χ1n) is 10.3. The zero-order chi connectivity index (χ0) is 16.4. The van der Waals surface area contributed by atoms with Gasteiger partial charge in [0.05, 0.1) is 6.10 Å². The summed E-state index contributed by atoms with van der Waals surface area (Å²) in [6.07, 6.45) is 11.7. The molecular formula is C21H37NO. The fourth-order valence-electron chi connectivity index (χ4n) is 8.14. The molecule has 4 aliphatic carbocycles. The van der Waals surface area contributed by atoms with Gasteiger partial charge in [-0.2, -0.15) is 0 Å². The van der Waals surface area contributed by atoms with Crippen LogP contribution in [0.4, 0.5) is 0 Å². The van der Waals surface area contributed by atoms with Crippen LogP contribution in [0.15, 0.2) is 0 Å². The number of hydrogen-bond donors (Lipinski definition) is 2. The van der Waals surface area contributed by atoms with Crippen LogP contribution in [0.5, 0.6) is 0 Å². The summed E-state index contributed by atoms with van der Waals surface area (Å²) in [6, 6.07) is 0.360.